The molecule has 0 unspecified atom stereocenters. The zero-order valence-electron chi connectivity index (χ0n) is 10.0. The molecular weight excluding hydrogens is 252 g/mol. The molecule has 3 rings (SSSR count). The second kappa shape index (κ2) is 5.15. The van der Waals surface area contributed by atoms with Crippen molar-refractivity contribution in [2.45, 2.75) is 13.0 Å². The van der Waals surface area contributed by atoms with Gasteiger partial charge in [0.1, 0.15) is 5.75 Å². The number of ether oxygens (including phenoxy) is 3. The maximum atomic E-state index is 8.74. The first-order valence-electron chi connectivity index (χ1n) is 5.80. The Morgan fingerprint density at radius 1 is 1.16 bits per heavy atom. The third-order valence-corrected chi connectivity index (χ3v) is 2.54. The Bertz CT molecular complexity index is 569. The molecule has 2 aromatic rings. The minimum absolute atomic E-state index is 0.0232. The van der Waals surface area contributed by atoms with Gasteiger partial charge in [0.2, 0.25) is 12.7 Å². The first-order valence-corrected chi connectivity index (χ1v) is 5.80. The molecule has 1 N–H and O–H groups in total. The van der Waals surface area contributed by atoms with Crippen molar-refractivity contribution in [3.05, 3.63) is 30.0 Å². The quantitative estimate of drug-likeness (QED) is 0.858. The molecule has 0 radical (unpaired) electrons. The lowest BCUT2D eigenvalue weighted by Crippen LogP contribution is -1.95. The van der Waals surface area contributed by atoms with Gasteiger partial charge in [-0.15, -0.1) is 10.2 Å². The summed E-state index contributed by atoms with van der Waals surface area (Å²) < 4.78 is 21.2. The van der Waals surface area contributed by atoms with Crippen molar-refractivity contribution in [1.82, 2.24) is 10.2 Å². The summed E-state index contributed by atoms with van der Waals surface area (Å²) in [7, 11) is 0. The number of hydrogen-bond acceptors (Lipinski definition) is 7. The molecule has 0 fully saturated rings. The van der Waals surface area contributed by atoms with Crippen LogP contribution in [0.25, 0.3) is 0 Å². The van der Waals surface area contributed by atoms with Crippen LogP contribution in [0.1, 0.15) is 11.8 Å². The van der Waals surface area contributed by atoms with Crippen molar-refractivity contribution in [1.29, 1.82) is 0 Å². The van der Waals surface area contributed by atoms with E-state index in [-0.39, 0.29) is 20.0 Å². The molecule has 0 amide bonds. The van der Waals surface area contributed by atoms with Crippen LogP contribution in [-0.2, 0) is 13.0 Å². The van der Waals surface area contributed by atoms with Crippen molar-refractivity contribution in [3.8, 4) is 17.2 Å². The smallest absolute Gasteiger partial charge is 0.253 e. The van der Waals surface area contributed by atoms with Crippen LogP contribution >= 0.6 is 0 Å². The van der Waals surface area contributed by atoms with Gasteiger partial charge < -0.3 is 23.7 Å². The molecule has 1 aliphatic rings. The number of rotatable bonds is 5. The van der Waals surface area contributed by atoms with Crippen molar-refractivity contribution in [3.63, 3.8) is 0 Å². The molecule has 1 aliphatic heterocycles. The third-order valence-electron chi connectivity index (χ3n) is 2.54. The van der Waals surface area contributed by atoms with Crippen LogP contribution in [0.3, 0.4) is 0 Å². The van der Waals surface area contributed by atoms with Gasteiger partial charge >= 0.3 is 0 Å². The van der Waals surface area contributed by atoms with Gasteiger partial charge in [-0.3, -0.25) is 0 Å². The molecule has 0 atom stereocenters. The van der Waals surface area contributed by atoms with E-state index >= 15 is 0 Å². The van der Waals surface area contributed by atoms with E-state index in [1.807, 2.05) is 0 Å². The summed E-state index contributed by atoms with van der Waals surface area (Å²) in [5.41, 5.74) is 0. The third kappa shape index (κ3) is 2.60. The predicted octanol–water partition coefficient (Wildman–Crippen LogP) is 0.912. The monoisotopic (exact) mass is 264 g/mol. The van der Waals surface area contributed by atoms with E-state index in [2.05, 4.69) is 10.2 Å². The van der Waals surface area contributed by atoms with Crippen molar-refractivity contribution < 1.29 is 23.7 Å². The lowest BCUT2D eigenvalue weighted by Gasteiger charge is -2.03. The van der Waals surface area contributed by atoms with Crippen LogP contribution in [0.15, 0.2) is 22.6 Å². The second-order valence-electron chi connectivity index (χ2n) is 3.87. The number of fused-ring (bicyclic) bond motifs is 1. The Hall–Kier alpha value is -2.28. The summed E-state index contributed by atoms with van der Waals surface area (Å²) >= 11 is 0. The molecule has 0 spiro atoms. The van der Waals surface area contributed by atoms with Crippen LogP contribution in [0.2, 0.25) is 0 Å². The van der Waals surface area contributed by atoms with Gasteiger partial charge in [0.05, 0.1) is 6.61 Å². The summed E-state index contributed by atoms with van der Waals surface area (Å²) in [6.45, 7) is 0.371. The standard InChI is InChI=1S/C12H12N2O5/c15-4-3-11-13-14-12(19-11)6-16-8-1-2-9-10(5-8)18-7-17-9/h1-2,5,15H,3-4,6-7H2. The molecule has 1 aromatic carbocycles. The highest BCUT2D eigenvalue weighted by Gasteiger charge is 2.14. The molecule has 0 bridgehead atoms. The fourth-order valence-corrected chi connectivity index (χ4v) is 1.66. The highest BCUT2D eigenvalue weighted by molar-refractivity contribution is 5.46. The van der Waals surface area contributed by atoms with Crippen LogP contribution in [-0.4, -0.2) is 28.7 Å². The number of benzene rings is 1. The van der Waals surface area contributed by atoms with E-state index in [9.17, 15) is 0 Å². The molecule has 7 heteroatoms. The highest BCUT2D eigenvalue weighted by Crippen LogP contribution is 2.35. The maximum Gasteiger partial charge on any atom is 0.253 e. The molecular formula is C12H12N2O5. The van der Waals surface area contributed by atoms with E-state index in [4.69, 9.17) is 23.7 Å². The van der Waals surface area contributed by atoms with Crippen LogP contribution in [0.5, 0.6) is 17.2 Å². The number of aliphatic hydroxyl groups is 1. The van der Waals surface area contributed by atoms with Crippen LogP contribution in [0.4, 0.5) is 0 Å². The number of aliphatic hydroxyl groups excluding tert-OH is 1. The number of hydrogen-bond donors (Lipinski definition) is 1. The molecule has 2 heterocycles. The molecule has 100 valence electrons. The van der Waals surface area contributed by atoms with Crippen LogP contribution < -0.4 is 14.2 Å². The summed E-state index contributed by atoms with van der Waals surface area (Å²) in [5, 5.41) is 16.3. The lowest BCUT2D eigenvalue weighted by molar-refractivity contribution is 0.173. The van der Waals surface area contributed by atoms with E-state index in [0.29, 0.717) is 35.5 Å². The van der Waals surface area contributed by atoms with Gasteiger partial charge in [-0.2, -0.15) is 0 Å². The Kier molecular flexibility index (Phi) is 3.20. The lowest BCUT2D eigenvalue weighted by atomic mass is 10.3. The summed E-state index contributed by atoms with van der Waals surface area (Å²) in [4.78, 5) is 0. The minimum Gasteiger partial charge on any atom is -0.484 e. The topological polar surface area (TPSA) is 86.8 Å². The van der Waals surface area contributed by atoms with Gasteiger partial charge in [-0.25, -0.2) is 0 Å². The largest absolute Gasteiger partial charge is 0.484 e. The van der Waals surface area contributed by atoms with E-state index < -0.39 is 0 Å². The molecule has 0 saturated carbocycles. The summed E-state index contributed by atoms with van der Waals surface area (Å²) in [6.07, 6.45) is 0.344. The zero-order valence-corrected chi connectivity index (χ0v) is 10.0. The average molecular weight is 264 g/mol. The Morgan fingerprint density at radius 2 is 2.00 bits per heavy atom. The van der Waals surface area contributed by atoms with Gasteiger partial charge in [-0.05, 0) is 12.1 Å². The fraction of sp³-hybridized carbons (Fsp3) is 0.333. The van der Waals surface area contributed by atoms with Gasteiger partial charge in [0.15, 0.2) is 18.1 Å². The Balaban J connectivity index is 1.62. The van der Waals surface area contributed by atoms with Crippen molar-refractivity contribution in [2.75, 3.05) is 13.4 Å². The SMILES string of the molecule is OCCc1nnc(COc2ccc3c(c2)OCO3)o1. The Morgan fingerprint density at radius 3 is 2.89 bits per heavy atom. The molecule has 0 aliphatic carbocycles. The second-order valence-corrected chi connectivity index (χ2v) is 3.87. The Labute approximate surface area is 108 Å². The average Bonchev–Trinajstić information content (AvgIpc) is 3.04. The molecule has 7 nitrogen and oxygen atoms in total. The number of nitrogens with zero attached hydrogens (tertiary/aromatic N) is 2. The van der Waals surface area contributed by atoms with Crippen LogP contribution in [0, 0.1) is 0 Å². The van der Waals surface area contributed by atoms with E-state index in [1.165, 1.54) is 0 Å². The highest BCUT2D eigenvalue weighted by atomic mass is 16.7. The van der Waals surface area contributed by atoms with Gasteiger partial charge in [0, 0.05) is 12.5 Å². The minimum atomic E-state index is -0.0232. The normalized spacial score (nSPS) is 12.7. The molecule has 0 saturated heterocycles. The summed E-state index contributed by atoms with van der Waals surface area (Å²) in [6, 6.07) is 5.30. The maximum absolute atomic E-state index is 8.74. The van der Waals surface area contributed by atoms with Crippen molar-refractivity contribution in [2.24, 2.45) is 0 Å². The van der Waals surface area contributed by atoms with E-state index in [0.717, 1.165) is 0 Å². The van der Waals surface area contributed by atoms with Gasteiger partial charge in [0.25, 0.3) is 5.89 Å². The first-order chi connectivity index (χ1) is 9.35. The number of aromatic nitrogens is 2. The zero-order chi connectivity index (χ0) is 13.1. The van der Waals surface area contributed by atoms with Gasteiger partial charge in [-0.1, -0.05) is 0 Å². The molecule has 19 heavy (non-hydrogen) atoms. The predicted molar refractivity (Wildman–Crippen MR) is 62.0 cm³/mol. The van der Waals surface area contributed by atoms with Crippen molar-refractivity contribution >= 4 is 0 Å². The van der Waals surface area contributed by atoms with E-state index in [1.54, 1.807) is 18.2 Å². The fourth-order valence-electron chi connectivity index (χ4n) is 1.66. The summed E-state index contributed by atoms with van der Waals surface area (Å²) in [5.74, 6) is 2.75. The molecule has 1 aromatic heterocycles. The first kappa shape index (κ1) is 11.8.